The molecular formula is C20H18N2O4S. The van der Waals surface area contributed by atoms with E-state index in [1.165, 1.54) is 0 Å². The Balaban J connectivity index is 1.72. The van der Waals surface area contributed by atoms with Crippen LogP contribution < -0.4 is 5.32 Å². The van der Waals surface area contributed by atoms with Gasteiger partial charge in [-0.3, -0.25) is 14.4 Å². The highest BCUT2D eigenvalue weighted by Crippen LogP contribution is 2.16. The minimum Gasteiger partial charge on any atom is -0.456 e. The monoisotopic (exact) mass is 382 g/mol. The van der Waals surface area contributed by atoms with Crippen molar-refractivity contribution < 1.29 is 19.1 Å². The van der Waals surface area contributed by atoms with Gasteiger partial charge in [0.2, 0.25) is 0 Å². The van der Waals surface area contributed by atoms with E-state index in [2.05, 4.69) is 5.32 Å². The van der Waals surface area contributed by atoms with Gasteiger partial charge in [0, 0.05) is 22.6 Å². The molecule has 7 heteroatoms. The minimum atomic E-state index is -0.612. The second-order valence-corrected chi connectivity index (χ2v) is 6.43. The molecule has 2 aromatic carbocycles. The molecule has 0 aromatic heterocycles. The zero-order chi connectivity index (χ0) is 19.6. The SMILES string of the molecule is CSc1ccc(C(=O)CCC(=O)OCC(=O)Nc2ccc(C#N)cc2)cc1. The molecule has 0 saturated heterocycles. The second-order valence-electron chi connectivity index (χ2n) is 5.55. The number of benzene rings is 2. The van der Waals surface area contributed by atoms with Crippen LogP contribution in [0.3, 0.4) is 0 Å². The van der Waals surface area contributed by atoms with Crippen molar-refractivity contribution in [3.05, 3.63) is 59.7 Å². The number of esters is 1. The largest absolute Gasteiger partial charge is 0.456 e. The first-order valence-electron chi connectivity index (χ1n) is 8.14. The van der Waals surface area contributed by atoms with E-state index in [9.17, 15) is 14.4 Å². The van der Waals surface area contributed by atoms with E-state index in [1.54, 1.807) is 48.2 Å². The summed E-state index contributed by atoms with van der Waals surface area (Å²) in [5.41, 5.74) is 1.52. The Bertz CT molecular complexity index is 855. The highest BCUT2D eigenvalue weighted by Gasteiger charge is 2.12. The van der Waals surface area contributed by atoms with Gasteiger partial charge in [-0.2, -0.15) is 5.26 Å². The van der Waals surface area contributed by atoms with E-state index in [0.717, 1.165) is 4.90 Å². The Labute approximate surface area is 161 Å². The fourth-order valence-electron chi connectivity index (χ4n) is 2.18. The Hall–Kier alpha value is -3.11. The van der Waals surface area contributed by atoms with Crippen LogP contribution in [0.25, 0.3) is 0 Å². The van der Waals surface area contributed by atoms with Crippen LogP contribution in [0.15, 0.2) is 53.4 Å². The molecule has 0 aliphatic rings. The molecule has 2 rings (SSSR count). The normalized spacial score (nSPS) is 9.93. The Morgan fingerprint density at radius 1 is 1.04 bits per heavy atom. The molecule has 0 aliphatic carbocycles. The van der Waals surface area contributed by atoms with Gasteiger partial charge >= 0.3 is 5.97 Å². The molecule has 0 atom stereocenters. The fourth-order valence-corrected chi connectivity index (χ4v) is 2.59. The van der Waals surface area contributed by atoms with E-state index < -0.39 is 18.5 Å². The highest BCUT2D eigenvalue weighted by atomic mass is 32.2. The molecule has 0 fully saturated rings. The van der Waals surface area contributed by atoms with Crippen LogP contribution in [0, 0.1) is 11.3 Å². The Kier molecular flexibility index (Phi) is 7.59. The van der Waals surface area contributed by atoms with Crippen molar-refractivity contribution in [1.82, 2.24) is 0 Å². The maximum absolute atomic E-state index is 12.1. The van der Waals surface area contributed by atoms with Gasteiger partial charge in [0.1, 0.15) is 0 Å². The van der Waals surface area contributed by atoms with Gasteiger partial charge in [0.05, 0.1) is 18.1 Å². The number of Topliss-reactive ketones (excluding diaryl/α,β-unsaturated/α-hetero) is 1. The number of carbonyl (C=O) groups is 3. The van der Waals surface area contributed by atoms with Gasteiger partial charge in [0.15, 0.2) is 12.4 Å². The molecule has 138 valence electrons. The van der Waals surface area contributed by atoms with Crippen LogP contribution in [0.2, 0.25) is 0 Å². The van der Waals surface area contributed by atoms with Crippen LogP contribution in [0.1, 0.15) is 28.8 Å². The summed E-state index contributed by atoms with van der Waals surface area (Å²) in [7, 11) is 0. The van der Waals surface area contributed by atoms with E-state index >= 15 is 0 Å². The third-order valence-corrected chi connectivity index (χ3v) is 4.37. The number of hydrogen-bond acceptors (Lipinski definition) is 6. The van der Waals surface area contributed by atoms with Crippen molar-refractivity contribution in [3.8, 4) is 6.07 Å². The molecule has 0 unspecified atom stereocenters. The number of amides is 1. The number of rotatable bonds is 8. The molecule has 1 N–H and O–H groups in total. The zero-order valence-electron chi connectivity index (χ0n) is 14.7. The van der Waals surface area contributed by atoms with Crippen LogP contribution in [-0.4, -0.2) is 30.5 Å². The topological polar surface area (TPSA) is 96.3 Å². The summed E-state index contributed by atoms with van der Waals surface area (Å²) >= 11 is 1.58. The lowest BCUT2D eigenvalue weighted by Crippen LogP contribution is -2.21. The number of anilines is 1. The van der Waals surface area contributed by atoms with E-state index in [0.29, 0.717) is 16.8 Å². The molecular weight excluding hydrogens is 364 g/mol. The molecule has 0 bridgehead atoms. The van der Waals surface area contributed by atoms with E-state index in [4.69, 9.17) is 10.00 Å². The summed E-state index contributed by atoms with van der Waals surface area (Å²) in [6.45, 7) is -0.435. The number of ketones is 1. The third kappa shape index (κ3) is 6.60. The molecule has 0 heterocycles. The molecule has 0 aliphatic heterocycles. The van der Waals surface area contributed by atoms with Gasteiger partial charge in [-0.25, -0.2) is 0 Å². The van der Waals surface area contributed by atoms with Gasteiger partial charge < -0.3 is 10.1 Å². The number of hydrogen-bond donors (Lipinski definition) is 1. The van der Waals surface area contributed by atoms with Gasteiger partial charge in [0.25, 0.3) is 5.91 Å². The predicted octanol–water partition coefficient (Wildman–Crippen LogP) is 3.42. The summed E-state index contributed by atoms with van der Waals surface area (Å²) in [6, 6.07) is 15.4. The maximum Gasteiger partial charge on any atom is 0.306 e. The van der Waals surface area contributed by atoms with Crippen molar-refractivity contribution in [1.29, 1.82) is 5.26 Å². The van der Waals surface area contributed by atoms with E-state index in [-0.39, 0.29) is 18.6 Å². The van der Waals surface area contributed by atoms with Crippen molar-refractivity contribution in [3.63, 3.8) is 0 Å². The molecule has 2 aromatic rings. The summed E-state index contributed by atoms with van der Waals surface area (Å²) in [6.07, 6.45) is 1.88. The van der Waals surface area contributed by atoms with Crippen molar-refractivity contribution in [2.45, 2.75) is 17.7 Å². The van der Waals surface area contributed by atoms with E-state index in [1.807, 2.05) is 24.5 Å². The summed E-state index contributed by atoms with van der Waals surface area (Å²) in [5, 5.41) is 11.3. The third-order valence-electron chi connectivity index (χ3n) is 3.63. The van der Waals surface area contributed by atoms with Crippen molar-refractivity contribution >= 4 is 35.1 Å². The standard InChI is InChI=1S/C20H18N2O4S/c1-27-17-8-4-15(5-9-17)18(23)10-11-20(25)26-13-19(24)22-16-6-2-14(12-21)3-7-16/h2-9H,10-11,13H2,1H3,(H,22,24). The number of thioether (sulfide) groups is 1. The predicted molar refractivity (Wildman–Crippen MR) is 103 cm³/mol. The van der Waals surface area contributed by atoms with Gasteiger partial charge in [-0.05, 0) is 42.7 Å². The first kappa shape index (κ1) is 20.2. The smallest absolute Gasteiger partial charge is 0.306 e. The van der Waals surface area contributed by atoms with Crippen LogP contribution >= 0.6 is 11.8 Å². The van der Waals surface area contributed by atoms with Crippen LogP contribution in [0.4, 0.5) is 5.69 Å². The number of ether oxygens (including phenoxy) is 1. The number of nitriles is 1. The first-order chi connectivity index (χ1) is 13.0. The maximum atomic E-state index is 12.1. The van der Waals surface area contributed by atoms with Gasteiger partial charge in [-0.1, -0.05) is 12.1 Å². The average molecular weight is 382 g/mol. The molecule has 0 saturated carbocycles. The van der Waals surface area contributed by atoms with Crippen molar-refractivity contribution in [2.75, 3.05) is 18.2 Å². The summed E-state index contributed by atoms with van der Waals surface area (Å²) < 4.78 is 4.88. The first-order valence-corrected chi connectivity index (χ1v) is 9.37. The van der Waals surface area contributed by atoms with Crippen LogP contribution in [-0.2, 0) is 14.3 Å². The molecule has 27 heavy (non-hydrogen) atoms. The fraction of sp³-hybridized carbons (Fsp3) is 0.200. The second kappa shape index (κ2) is 10.1. The lowest BCUT2D eigenvalue weighted by atomic mass is 10.1. The summed E-state index contributed by atoms with van der Waals surface area (Å²) in [4.78, 5) is 36.6. The number of carbonyl (C=O) groups excluding carboxylic acids is 3. The Morgan fingerprint density at radius 3 is 2.30 bits per heavy atom. The van der Waals surface area contributed by atoms with Gasteiger partial charge in [-0.15, -0.1) is 11.8 Å². The summed E-state index contributed by atoms with van der Waals surface area (Å²) in [5.74, 6) is -1.26. The lowest BCUT2D eigenvalue weighted by molar-refractivity contribution is -0.147. The molecule has 1 amide bonds. The molecule has 0 radical (unpaired) electrons. The minimum absolute atomic E-state index is 0.0225. The average Bonchev–Trinajstić information content (AvgIpc) is 2.71. The Morgan fingerprint density at radius 2 is 1.70 bits per heavy atom. The molecule has 6 nitrogen and oxygen atoms in total. The van der Waals surface area contributed by atoms with Crippen LogP contribution in [0.5, 0.6) is 0 Å². The lowest BCUT2D eigenvalue weighted by Gasteiger charge is -2.07. The molecule has 0 spiro atoms. The van der Waals surface area contributed by atoms with Crippen molar-refractivity contribution in [2.24, 2.45) is 0 Å². The number of nitrogens with one attached hydrogen (secondary N) is 1. The number of nitrogens with zero attached hydrogens (tertiary/aromatic N) is 1. The highest BCUT2D eigenvalue weighted by molar-refractivity contribution is 7.98. The zero-order valence-corrected chi connectivity index (χ0v) is 15.5. The quantitative estimate of drug-likeness (QED) is 0.427.